The van der Waals surface area contributed by atoms with Gasteiger partial charge in [-0.05, 0) is 53.8 Å². The average molecular weight is 435 g/mol. The second kappa shape index (κ2) is 5.74. The molecule has 0 radical (unpaired) electrons. The molecular formula is C15H10Cl2FIN2. The number of imidazole rings is 1. The van der Waals surface area contributed by atoms with E-state index in [9.17, 15) is 4.39 Å². The van der Waals surface area contributed by atoms with E-state index >= 15 is 0 Å². The van der Waals surface area contributed by atoms with Crippen molar-refractivity contribution in [2.45, 2.75) is 12.3 Å². The predicted molar refractivity (Wildman–Crippen MR) is 93.0 cm³/mol. The summed E-state index contributed by atoms with van der Waals surface area (Å²) in [7, 11) is 0. The van der Waals surface area contributed by atoms with Gasteiger partial charge in [-0.3, -0.25) is 4.57 Å². The van der Waals surface area contributed by atoms with E-state index < -0.39 is 5.82 Å². The van der Waals surface area contributed by atoms with Crippen LogP contribution in [-0.2, 0) is 0 Å². The van der Waals surface area contributed by atoms with Crippen LogP contribution in [0.15, 0.2) is 36.4 Å². The van der Waals surface area contributed by atoms with Crippen LogP contribution in [0.5, 0.6) is 0 Å². The van der Waals surface area contributed by atoms with Gasteiger partial charge in [0.15, 0.2) is 0 Å². The summed E-state index contributed by atoms with van der Waals surface area (Å²) < 4.78 is 16.7. The van der Waals surface area contributed by atoms with Crippen molar-refractivity contribution in [3.63, 3.8) is 0 Å². The standard InChI is InChI=1S/C15H10Cl2FIN2/c1-8(16)15-20-13-7-12(18)11(17)6-14(13)21(15)10-4-2-3-9(19)5-10/h2-8H,1H3. The van der Waals surface area contributed by atoms with Crippen molar-refractivity contribution in [1.82, 2.24) is 9.55 Å². The fourth-order valence-corrected chi connectivity index (χ4v) is 3.08. The van der Waals surface area contributed by atoms with Crippen LogP contribution in [0.4, 0.5) is 4.39 Å². The maximum atomic E-state index is 13.6. The lowest BCUT2D eigenvalue weighted by molar-refractivity contribution is 0.630. The Labute approximate surface area is 145 Å². The third-order valence-electron chi connectivity index (χ3n) is 3.14. The van der Waals surface area contributed by atoms with E-state index in [1.54, 1.807) is 6.07 Å². The largest absolute Gasteiger partial charge is 0.295 e. The monoisotopic (exact) mass is 434 g/mol. The van der Waals surface area contributed by atoms with E-state index in [0.717, 1.165) is 14.8 Å². The van der Waals surface area contributed by atoms with Crippen molar-refractivity contribution in [3.8, 4) is 5.69 Å². The number of nitrogens with zero attached hydrogens (tertiary/aromatic N) is 2. The first-order valence-corrected chi connectivity index (χ1v) is 8.14. The third kappa shape index (κ3) is 2.76. The van der Waals surface area contributed by atoms with Crippen LogP contribution in [0.3, 0.4) is 0 Å². The number of rotatable bonds is 2. The molecule has 0 bridgehead atoms. The van der Waals surface area contributed by atoms with E-state index in [1.165, 1.54) is 6.07 Å². The fraction of sp³-hybridized carbons (Fsp3) is 0.133. The normalized spacial score (nSPS) is 12.8. The van der Waals surface area contributed by atoms with Crippen LogP contribution in [0, 0.1) is 9.39 Å². The molecule has 1 atom stereocenters. The zero-order chi connectivity index (χ0) is 15.1. The Kier molecular flexibility index (Phi) is 4.12. The van der Waals surface area contributed by atoms with Crippen LogP contribution in [0.2, 0.25) is 5.02 Å². The molecule has 0 amide bonds. The van der Waals surface area contributed by atoms with Crippen LogP contribution >= 0.6 is 45.8 Å². The summed E-state index contributed by atoms with van der Waals surface area (Å²) in [4.78, 5) is 4.45. The van der Waals surface area contributed by atoms with Crippen molar-refractivity contribution in [2.75, 3.05) is 0 Å². The van der Waals surface area contributed by atoms with Gasteiger partial charge in [0.2, 0.25) is 0 Å². The number of fused-ring (bicyclic) bond motifs is 1. The maximum Gasteiger partial charge on any atom is 0.144 e. The lowest BCUT2D eigenvalue weighted by Gasteiger charge is -2.11. The maximum absolute atomic E-state index is 13.6. The van der Waals surface area contributed by atoms with Crippen molar-refractivity contribution in [2.24, 2.45) is 0 Å². The van der Waals surface area contributed by atoms with Gasteiger partial charge in [0.25, 0.3) is 0 Å². The summed E-state index contributed by atoms with van der Waals surface area (Å²) in [6, 6.07) is 10.9. The van der Waals surface area contributed by atoms with Crippen molar-refractivity contribution in [1.29, 1.82) is 0 Å². The highest BCUT2D eigenvalue weighted by Gasteiger charge is 2.18. The minimum absolute atomic E-state index is 0.0723. The smallest absolute Gasteiger partial charge is 0.144 e. The summed E-state index contributed by atoms with van der Waals surface area (Å²) in [5, 5.41) is -0.236. The van der Waals surface area contributed by atoms with E-state index in [0.29, 0.717) is 11.3 Å². The van der Waals surface area contributed by atoms with Gasteiger partial charge in [0.1, 0.15) is 11.6 Å². The lowest BCUT2D eigenvalue weighted by atomic mass is 10.2. The molecule has 108 valence electrons. The van der Waals surface area contributed by atoms with Gasteiger partial charge in [0, 0.05) is 15.3 Å². The van der Waals surface area contributed by atoms with Gasteiger partial charge in [-0.15, -0.1) is 11.6 Å². The Hall–Kier alpha value is -0.850. The first-order chi connectivity index (χ1) is 9.97. The molecule has 0 N–H and O–H groups in total. The Morgan fingerprint density at radius 3 is 2.71 bits per heavy atom. The zero-order valence-electron chi connectivity index (χ0n) is 10.9. The van der Waals surface area contributed by atoms with Gasteiger partial charge in [-0.1, -0.05) is 17.7 Å². The van der Waals surface area contributed by atoms with Gasteiger partial charge in [0.05, 0.1) is 21.4 Å². The summed E-state index contributed by atoms with van der Waals surface area (Å²) in [6.45, 7) is 1.84. The molecule has 1 heterocycles. The first kappa shape index (κ1) is 15.1. The number of hydrogen-bond acceptors (Lipinski definition) is 1. The van der Waals surface area contributed by atoms with Crippen molar-refractivity contribution in [3.05, 3.63) is 56.6 Å². The zero-order valence-corrected chi connectivity index (χ0v) is 14.6. The summed E-state index contributed by atoms with van der Waals surface area (Å²) in [5.74, 6) is 0.181. The molecule has 0 aliphatic rings. The molecule has 2 aromatic carbocycles. The molecule has 0 fully saturated rings. The molecule has 1 aromatic heterocycles. The van der Waals surface area contributed by atoms with Crippen LogP contribution in [-0.4, -0.2) is 9.55 Å². The number of alkyl halides is 1. The quantitative estimate of drug-likeness (QED) is 0.372. The molecule has 2 nitrogen and oxygen atoms in total. The summed E-state index contributed by atoms with van der Waals surface area (Å²) >= 11 is 14.4. The SMILES string of the molecule is CC(Cl)c1nc2cc(F)c(Cl)cc2n1-c1cccc(I)c1. The number of aromatic nitrogens is 2. The van der Waals surface area contributed by atoms with E-state index in [-0.39, 0.29) is 10.4 Å². The highest BCUT2D eigenvalue weighted by atomic mass is 127. The van der Waals surface area contributed by atoms with E-state index in [2.05, 4.69) is 27.6 Å². The molecule has 3 rings (SSSR count). The molecule has 0 saturated carbocycles. The van der Waals surface area contributed by atoms with Crippen molar-refractivity contribution < 1.29 is 4.39 Å². The third-order valence-corrected chi connectivity index (χ3v) is 4.30. The Morgan fingerprint density at radius 1 is 1.29 bits per heavy atom. The highest BCUT2D eigenvalue weighted by Crippen LogP contribution is 2.31. The van der Waals surface area contributed by atoms with Gasteiger partial charge in [-0.25, -0.2) is 9.37 Å². The molecule has 6 heteroatoms. The molecule has 1 unspecified atom stereocenters. The number of hydrogen-bond donors (Lipinski definition) is 0. The second-order valence-corrected chi connectivity index (χ2v) is 6.96. The minimum atomic E-state index is -0.481. The number of halogens is 4. The van der Waals surface area contributed by atoms with Gasteiger partial charge in [-0.2, -0.15) is 0 Å². The fourth-order valence-electron chi connectivity index (χ4n) is 2.24. The molecule has 21 heavy (non-hydrogen) atoms. The average Bonchev–Trinajstić information content (AvgIpc) is 2.78. The predicted octanol–water partition coefficient (Wildman–Crippen LogP) is 5.72. The molecule has 0 aliphatic heterocycles. The topological polar surface area (TPSA) is 17.8 Å². The first-order valence-electron chi connectivity index (χ1n) is 6.25. The lowest BCUT2D eigenvalue weighted by Crippen LogP contribution is -2.02. The molecule has 0 aliphatic carbocycles. The highest BCUT2D eigenvalue weighted by molar-refractivity contribution is 14.1. The summed E-state index contributed by atoms with van der Waals surface area (Å²) in [5.41, 5.74) is 2.21. The number of benzene rings is 2. The summed E-state index contributed by atoms with van der Waals surface area (Å²) in [6.07, 6.45) is 0. The minimum Gasteiger partial charge on any atom is -0.295 e. The Balaban J connectivity index is 2.38. The Morgan fingerprint density at radius 2 is 2.05 bits per heavy atom. The molecule has 0 spiro atoms. The second-order valence-electron chi connectivity index (χ2n) is 4.66. The molecule has 3 aromatic rings. The van der Waals surface area contributed by atoms with Crippen LogP contribution in [0.25, 0.3) is 16.7 Å². The molecular weight excluding hydrogens is 425 g/mol. The van der Waals surface area contributed by atoms with E-state index in [1.807, 2.05) is 35.8 Å². The Bertz CT molecular complexity index is 830. The van der Waals surface area contributed by atoms with Crippen molar-refractivity contribution >= 4 is 56.8 Å². The molecule has 0 saturated heterocycles. The van der Waals surface area contributed by atoms with Crippen LogP contribution < -0.4 is 0 Å². The van der Waals surface area contributed by atoms with Crippen LogP contribution in [0.1, 0.15) is 18.1 Å². The van der Waals surface area contributed by atoms with E-state index in [4.69, 9.17) is 23.2 Å². The van der Waals surface area contributed by atoms with Gasteiger partial charge < -0.3 is 0 Å². The van der Waals surface area contributed by atoms with Gasteiger partial charge >= 0.3 is 0 Å².